The molecule has 1 aromatic heterocycles. The molecule has 0 radical (unpaired) electrons. The minimum atomic E-state index is -4.50. The molecule has 8 heteroatoms. The Hall–Kier alpha value is -3.08. The van der Waals surface area contributed by atoms with Crippen LogP contribution in [-0.4, -0.2) is 24.0 Å². The number of anilines is 2. The normalized spacial score (nSPS) is 17.3. The average molecular weight is 374 g/mol. The maximum atomic E-state index is 13.2. The number of benzene rings is 1. The number of nitrogens with one attached hydrogen (secondary N) is 1. The molecule has 2 aromatic rings. The van der Waals surface area contributed by atoms with Gasteiger partial charge >= 0.3 is 6.18 Å². The highest BCUT2D eigenvalue weighted by atomic mass is 19.4. The molecule has 0 unspecified atom stereocenters. The Kier molecular flexibility index (Phi) is 5.31. The van der Waals surface area contributed by atoms with Gasteiger partial charge in [-0.2, -0.15) is 18.4 Å². The molecule has 1 saturated heterocycles. The van der Waals surface area contributed by atoms with E-state index in [1.54, 1.807) is 24.3 Å². The van der Waals surface area contributed by atoms with Gasteiger partial charge in [0, 0.05) is 25.0 Å². The number of hydrogen-bond donors (Lipinski definition) is 1. The van der Waals surface area contributed by atoms with Crippen LogP contribution in [0.1, 0.15) is 24.0 Å². The molecule has 27 heavy (non-hydrogen) atoms. The molecule has 2 heterocycles. The van der Waals surface area contributed by atoms with E-state index in [1.165, 1.54) is 17.2 Å². The average Bonchev–Trinajstić information content (AvgIpc) is 2.68. The summed E-state index contributed by atoms with van der Waals surface area (Å²) in [4.78, 5) is 18.0. The predicted octanol–water partition coefficient (Wildman–Crippen LogP) is 3.83. The molecule has 1 atom stereocenters. The highest BCUT2D eigenvalue weighted by molar-refractivity contribution is 5.93. The summed E-state index contributed by atoms with van der Waals surface area (Å²) in [6, 6.07) is 10.7. The monoisotopic (exact) mass is 374 g/mol. The van der Waals surface area contributed by atoms with Crippen molar-refractivity contribution in [1.29, 1.82) is 5.26 Å². The number of nitrogens with zero attached hydrogens (tertiary/aromatic N) is 3. The zero-order valence-corrected chi connectivity index (χ0v) is 14.3. The fourth-order valence-corrected chi connectivity index (χ4v) is 3.13. The quantitative estimate of drug-likeness (QED) is 0.887. The fraction of sp³-hybridized carbons (Fsp3) is 0.316. The second-order valence-electron chi connectivity index (χ2n) is 6.34. The Balaban J connectivity index is 1.73. The third-order valence-corrected chi connectivity index (χ3v) is 4.47. The van der Waals surface area contributed by atoms with Gasteiger partial charge in [0.2, 0.25) is 5.91 Å². The van der Waals surface area contributed by atoms with Gasteiger partial charge in [0.1, 0.15) is 5.82 Å². The van der Waals surface area contributed by atoms with Crippen LogP contribution in [0.2, 0.25) is 0 Å². The minimum Gasteiger partial charge on any atom is -0.355 e. The van der Waals surface area contributed by atoms with Gasteiger partial charge in [-0.3, -0.25) is 4.79 Å². The molecular weight excluding hydrogens is 357 g/mol. The van der Waals surface area contributed by atoms with Crippen LogP contribution in [-0.2, 0) is 11.0 Å². The highest BCUT2D eigenvalue weighted by Gasteiger charge is 2.37. The maximum absolute atomic E-state index is 13.2. The molecule has 1 amide bonds. The Morgan fingerprint density at radius 2 is 2.00 bits per heavy atom. The molecule has 0 aliphatic carbocycles. The second-order valence-corrected chi connectivity index (χ2v) is 6.34. The molecule has 1 aliphatic heterocycles. The summed E-state index contributed by atoms with van der Waals surface area (Å²) in [7, 11) is 0. The molecule has 0 bridgehead atoms. The van der Waals surface area contributed by atoms with E-state index < -0.39 is 17.7 Å². The van der Waals surface area contributed by atoms with Gasteiger partial charge in [0.05, 0.1) is 23.1 Å². The Morgan fingerprint density at radius 3 is 2.67 bits per heavy atom. The summed E-state index contributed by atoms with van der Waals surface area (Å²) < 4.78 is 39.7. The number of alkyl halides is 3. The number of rotatable bonds is 3. The van der Waals surface area contributed by atoms with Crippen LogP contribution in [0.15, 0.2) is 42.6 Å². The number of carbonyl (C=O) groups is 1. The maximum Gasteiger partial charge on any atom is 0.419 e. The molecule has 0 saturated carbocycles. The van der Waals surface area contributed by atoms with Crippen molar-refractivity contribution < 1.29 is 18.0 Å². The number of aromatic nitrogens is 1. The molecule has 1 fully saturated rings. The lowest BCUT2D eigenvalue weighted by Gasteiger charge is -2.34. The van der Waals surface area contributed by atoms with Crippen molar-refractivity contribution in [2.45, 2.75) is 19.0 Å². The molecule has 3 rings (SSSR count). The number of pyridine rings is 1. The van der Waals surface area contributed by atoms with Crippen molar-refractivity contribution in [2.75, 3.05) is 23.3 Å². The van der Waals surface area contributed by atoms with Gasteiger partial charge in [-0.05, 0) is 49.2 Å². The third-order valence-electron chi connectivity index (χ3n) is 4.47. The molecule has 1 aliphatic rings. The molecule has 140 valence electrons. The van der Waals surface area contributed by atoms with Crippen molar-refractivity contribution in [1.82, 2.24) is 4.98 Å². The fourth-order valence-electron chi connectivity index (χ4n) is 3.13. The van der Waals surface area contributed by atoms with Gasteiger partial charge in [0.15, 0.2) is 0 Å². The van der Waals surface area contributed by atoms with Crippen molar-refractivity contribution in [3.05, 3.63) is 53.7 Å². The zero-order chi connectivity index (χ0) is 19.4. The van der Waals surface area contributed by atoms with E-state index in [2.05, 4.69) is 10.3 Å². The first-order valence-electron chi connectivity index (χ1n) is 8.46. The standard InChI is InChI=1S/C19H17F3N4O/c20-19(21,22)16-4-1-9-24-17(16)26-10-2-3-14(12-26)18(27)25-15-7-5-13(11-23)6-8-15/h1,4-9,14H,2-3,10,12H2,(H,25,27)/t14-/m0/s1. The lowest BCUT2D eigenvalue weighted by Crippen LogP contribution is -2.42. The summed E-state index contributed by atoms with van der Waals surface area (Å²) in [6.45, 7) is 0.586. The Bertz CT molecular complexity index is 858. The predicted molar refractivity (Wildman–Crippen MR) is 94.0 cm³/mol. The van der Waals surface area contributed by atoms with Gasteiger partial charge in [0.25, 0.3) is 0 Å². The van der Waals surface area contributed by atoms with Crippen LogP contribution < -0.4 is 10.2 Å². The van der Waals surface area contributed by atoms with E-state index in [4.69, 9.17) is 5.26 Å². The van der Waals surface area contributed by atoms with Crippen LogP contribution in [0, 0.1) is 17.2 Å². The van der Waals surface area contributed by atoms with E-state index in [0.29, 0.717) is 30.6 Å². The minimum absolute atomic E-state index is 0.138. The Morgan fingerprint density at radius 1 is 1.26 bits per heavy atom. The van der Waals surface area contributed by atoms with Crippen molar-refractivity contribution >= 4 is 17.4 Å². The molecule has 1 N–H and O–H groups in total. The molecule has 1 aromatic carbocycles. The van der Waals surface area contributed by atoms with E-state index in [0.717, 1.165) is 6.07 Å². The SMILES string of the molecule is N#Cc1ccc(NC(=O)[C@H]2CCCN(c3ncccc3C(F)(F)F)C2)cc1. The van der Waals surface area contributed by atoms with Crippen LogP contribution in [0.4, 0.5) is 24.7 Å². The van der Waals surface area contributed by atoms with Crippen LogP contribution in [0.5, 0.6) is 0 Å². The van der Waals surface area contributed by atoms with Crippen LogP contribution in [0.3, 0.4) is 0 Å². The second kappa shape index (κ2) is 7.66. The van der Waals surface area contributed by atoms with Gasteiger partial charge < -0.3 is 10.2 Å². The summed E-state index contributed by atoms with van der Waals surface area (Å²) in [6.07, 6.45) is -1.99. The van der Waals surface area contributed by atoms with Crippen molar-refractivity contribution in [2.24, 2.45) is 5.92 Å². The number of hydrogen-bond acceptors (Lipinski definition) is 4. The summed E-state index contributed by atoms with van der Waals surface area (Å²) in [5.41, 5.74) is 0.231. The lowest BCUT2D eigenvalue weighted by molar-refractivity contribution is -0.137. The molecule has 5 nitrogen and oxygen atoms in total. The van der Waals surface area contributed by atoms with E-state index in [1.807, 2.05) is 6.07 Å². The number of carbonyl (C=O) groups excluding carboxylic acids is 1. The number of piperidine rings is 1. The third kappa shape index (κ3) is 4.37. The Labute approximate surface area is 154 Å². The number of halogens is 3. The van der Waals surface area contributed by atoms with Gasteiger partial charge in [-0.15, -0.1) is 0 Å². The number of nitriles is 1. The summed E-state index contributed by atoms with van der Waals surface area (Å²) in [5, 5.41) is 11.6. The molecular formula is C19H17F3N4O. The highest BCUT2D eigenvalue weighted by Crippen LogP contribution is 2.36. The first-order valence-corrected chi connectivity index (χ1v) is 8.46. The van der Waals surface area contributed by atoms with Gasteiger partial charge in [-0.25, -0.2) is 4.98 Å². The first-order chi connectivity index (χ1) is 12.9. The van der Waals surface area contributed by atoms with Crippen molar-refractivity contribution in [3.63, 3.8) is 0 Å². The van der Waals surface area contributed by atoms with Crippen molar-refractivity contribution in [3.8, 4) is 6.07 Å². The van der Waals surface area contributed by atoms with Gasteiger partial charge in [-0.1, -0.05) is 0 Å². The van der Waals surface area contributed by atoms with Crippen LogP contribution in [0.25, 0.3) is 0 Å². The van der Waals surface area contributed by atoms with E-state index in [-0.39, 0.29) is 18.3 Å². The summed E-state index contributed by atoms with van der Waals surface area (Å²) in [5.74, 6) is -0.841. The first kappa shape index (κ1) is 18.7. The van der Waals surface area contributed by atoms with Crippen LogP contribution >= 0.6 is 0 Å². The molecule has 0 spiro atoms. The van der Waals surface area contributed by atoms with E-state index in [9.17, 15) is 18.0 Å². The zero-order valence-electron chi connectivity index (χ0n) is 14.3. The van der Waals surface area contributed by atoms with E-state index >= 15 is 0 Å². The lowest BCUT2D eigenvalue weighted by atomic mass is 9.96. The largest absolute Gasteiger partial charge is 0.419 e. The topological polar surface area (TPSA) is 69.0 Å². The smallest absolute Gasteiger partial charge is 0.355 e. The number of amides is 1. The summed E-state index contributed by atoms with van der Waals surface area (Å²) >= 11 is 0.